The van der Waals surface area contributed by atoms with Crippen molar-refractivity contribution in [2.45, 2.75) is 144 Å². The molecule has 0 bridgehead atoms. The van der Waals surface area contributed by atoms with Gasteiger partial charge in [0.1, 0.15) is 6.10 Å². The van der Waals surface area contributed by atoms with Gasteiger partial charge in [-0.05, 0) is 135 Å². The Kier molecular flexibility index (Phi) is 7.71. The predicted octanol–water partition coefficient (Wildman–Crippen LogP) is 8.49. The van der Waals surface area contributed by atoms with Gasteiger partial charge in [-0.15, -0.1) is 0 Å². The Morgan fingerprint density at radius 2 is 1.76 bits per heavy atom. The number of esters is 1. The lowest BCUT2D eigenvalue weighted by molar-refractivity contribution is -0.152. The Morgan fingerprint density at radius 1 is 1.03 bits per heavy atom. The fourth-order valence-corrected chi connectivity index (χ4v) is 10.5. The van der Waals surface area contributed by atoms with E-state index in [4.69, 9.17) is 4.74 Å². The van der Waals surface area contributed by atoms with E-state index in [0.29, 0.717) is 28.6 Å². The molecular formula is C34H56O3. The molecule has 0 unspecified atom stereocenters. The molecule has 210 valence electrons. The zero-order valence-electron chi connectivity index (χ0n) is 24.9. The zero-order valence-corrected chi connectivity index (χ0v) is 24.9. The zero-order chi connectivity index (χ0) is 26.6. The first-order valence-corrected chi connectivity index (χ1v) is 16.0. The Hall–Kier alpha value is -0.830. The smallest absolute Gasteiger partial charge is 0.306 e. The van der Waals surface area contributed by atoms with Crippen molar-refractivity contribution < 1.29 is 14.6 Å². The molecule has 0 saturated heterocycles. The van der Waals surface area contributed by atoms with Crippen LogP contribution in [0.5, 0.6) is 0 Å². The number of rotatable bonds is 5. The normalized spacial score (nSPS) is 44.7. The van der Waals surface area contributed by atoms with Crippen LogP contribution < -0.4 is 0 Å². The minimum absolute atomic E-state index is 0.0480. The van der Waals surface area contributed by atoms with E-state index in [1.165, 1.54) is 51.4 Å². The number of aliphatic hydroxyl groups is 1. The third kappa shape index (κ3) is 5.21. The van der Waals surface area contributed by atoms with Crippen LogP contribution in [0.15, 0.2) is 11.6 Å². The van der Waals surface area contributed by atoms with Gasteiger partial charge in [0.2, 0.25) is 0 Å². The van der Waals surface area contributed by atoms with Gasteiger partial charge in [-0.3, -0.25) is 4.79 Å². The summed E-state index contributed by atoms with van der Waals surface area (Å²) in [5, 5.41) is 10.3. The number of hydrogen-bond donors (Lipinski definition) is 1. The molecule has 0 radical (unpaired) electrons. The van der Waals surface area contributed by atoms with Gasteiger partial charge in [0.15, 0.2) is 0 Å². The van der Waals surface area contributed by atoms with Gasteiger partial charge < -0.3 is 9.84 Å². The van der Waals surface area contributed by atoms with Crippen molar-refractivity contribution in [2.75, 3.05) is 0 Å². The minimum Gasteiger partial charge on any atom is -0.462 e. The summed E-state index contributed by atoms with van der Waals surface area (Å²) in [4.78, 5) is 12.8. The van der Waals surface area contributed by atoms with E-state index >= 15 is 0 Å². The van der Waals surface area contributed by atoms with Gasteiger partial charge >= 0.3 is 5.97 Å². The predicted molar refractivity (Wildman–Crippen MR) is 151 cm³/mol. The molecule has 0 aliphatic heterocycles. The van der Waals surface area contributed by atoms with Gasteiger partial charge in [-0.1, -0.05) is 53.2 Å². The largest absolute Gasteiger partial charge is 0.462 e. The average molecular weight is 513 g/mol. The lowest BCUT2D eigenvalue weighted by Gasteiger charge is -2.58. The highest BCUT2D eigenvalue weighted by molar-refractivity contribution is 5.69. The van der Waals surface area contributed by atoms with Gasteiger partial charge in [0.25, 0.3) is 0 Å². The molecule has 5 aliphatic carbocycles. The Labute approximate surface area is 227 Å². The fraction of sp³-hybridized carbons (Fsp3) is 0.912. The first kappa shape index (κ1) is 27.7. The first-order valence-electron chi connectivity index (χ1n) is 16.0. The summed E-state index contributed by atoms with van der Waals surface area (Å²) in [5.41, 5.74) is 2.68. The van der Waals surface area contributed by atoms with E-state index in [-0.39, 0.29) is 18.2 Å². The molecule has 0 spiro atoms. The number of allylic oxidation sites excluding steroid dienone is 1. The molecule has 8 atom stereocenters. The number of carbonyl (C=O) groups is 1. The molecule has 37 heavy (non-hydrogen) atoms. The molecule has 0 aromatic carbocycles. The van der Waals surface area contributed by atoms with Gasteiger partial charge in [-0.25, -0.2) is 0 Å². The fourth-order valence-electron chi connectivity index (χ4n) is 10.5. The highest BCUT2D eigenvalue weighted by Crippen LogP contribution is 2.67. The molecule has 0 amide bonds. The van der Waals surface area contributed by atoms with E-state index in [9.17, 15) is 9.90 Å². The third-order valence-electron chi connectivity index (χ3n) is 12.8. The molecule has 0 aromatic rings. The minimum atomic E-state index is -0.119. The summed E-state index contributed by atoms with van der Waals surface area (Å²) in [6.45, 7) is 14.6. The molecule has 5 aliphatic rings. The van der Waals surface area contributed by atoms with E-state index in [1.807, 2.05) is 0 Å². The van der Waals surface area contributed by atoms with Crippen LogP contribution in [0.25, 0.3) is 0 Å². The summed E-state index contributed by atoms with van der Waals surface area (Å²) in [6, 6.07) is 0. The number of fused-ring (bicyclic) bond motifs is 5. The maximum Gasteiger partial charge on any atom is 0.306 e. The number of ether oxygens (including phenoxy) is 1. The Balaban J connectivity index is 1.15. The number of hydrogen-bond acceptors (Lipinski definition) is 3. The molecule has 5 rings (SSSR count). The van der Waals surface area contributed by atoms with E-state index in [1.54, 1.807) is 5.57 Å². The van der Waals surface area contributed by atoms with E-state index in [2.05, 4.69) is 47.6 Å². The summed E-state index contributed by atoms with van der Waals surface area (Å²) in [5.74, 6) is 4.57. The van der Waals surface area contributed by atoms with Gasteiger partial charge in [-0.2, -0.15) is 0 Å². The summed E-state index contributed by atoms with van der Waals surface area (Å²) < 4.78 is 5.97. The van der Waals surface area contributed by atoms with Crippen LogP contribution in [-0.4, -0.2) is 23.3 Å². The standard InChI is InChI=1S/C34H56O3/c1-22(7-16-31(36)37-26-11-8-23(9-12-26)32(2,3)4)28-14-15-29-27-13-10-24-21-25(35)17-19-33(24,5)30(27)18-20-34(28,29)6/h10,22-23,25-30,35H,7-9,11-21H2,1-6H3/t22-,23?,25-,26?,27-,28+,29-,30-,33-,34+/m0/s1. The second-order valence-corrected chi connectivity index (χ2v) is 15.7. The van der Waals surface area contributed by atoms with Crippen LogP contribution in [0, 0.1) is 51.8 Å². The van der Waals surface area contributed by atoms with Crippen LogP contribution in [-0.2, 0) is 9.53 Å². The van der Waals surface area contributed by atoms with Crippen molar-refractivity contribution in [3.63, 3.8) is 0 Å². The number of carbonyl (C=O) groups excluding carboxylic acids is 1. The molecular weight excluding hydrogens is 456 g/mol. The summed E-state index contributed by atoms with van der Waals surface area (Å²) >= 11 is 0. The van der Waals surface area contributed by atoms with E-state index < -0.39 is 0 Å². The monoisotopic (exact) mass is 512 g/mol. The topological polar surface area (TPSA) is 46.5 Å². The van der Waals surface area contributed by atoms with Crippen molar-refractivity contribution in [3.05, 3.63) is 11.6 Å². The quantitative estimate of drug-likeness (QED) is 0.297. The van der Waals surface area contributed by atoms with Crippen LogP contribution in [0.4, 0.5) is 0 Å². The molecule has 0 heterocycles. The maximum absolute atomic E-state index is 12.8. The van der Waals surface area contributed by atoms with E-state index in [0.717, 1.165) is 61.7 Å². The highest BCUT2D eigenvalue weighted by atomic mass is 16.5. The number of aliphatic hydroxyl groups excluding tert-OH is 1. The molecule has 0 aromatic heterocycles. The van der Waals surface area contributed by atoms with Crippen molar-refractivity contribution >= 4 is 5.97 Å². The molecule has 1 N–H and O–H groups in total. The summed E-state index contributed by atoms with van der Waals surface area (Å²) in [6.07, 6.45) is 18.3. The molecule has 3 nitrogen and oxygen atoms in total. The third-order valence-corrected chi connectivity index (χ3v) is 12.8. The lowest BCUT2D eigenvalue weighted by Crippen LogP contribution is -2.50. The first-order chi connectivity index (χ1) is 17.4. The summed E-state index contributed by atoms with van der Waals surface area (Å²) in [7, 11) is 0. The lowest BCUT2D eigenvalue weighted by atomic mass is 9.47. The van der Waals surface area contributed by atoms with Crippen LogP contribution in [0.1, 0.15) is 131 Å². The van der Waals surface area contributed by atoms with Crippen LogP contribution in [0.3, 0.4) is 0 Å². The SMILES string of the molecule is C[C@@H](CCC(=O)OC1CCC(C(C)(C)C)CC1)[C@H]1CC[C@H]2[C@@H]3CC=C4C[C@@H](O)CC[C@]4(C)[C@H]3CC[C@]12C. The van der Waals surface area contributed by atoms with Gasteiger partial charge in [0, 0.05) is 6.42 Å². The second-order valence-electron chi connectivity index (χ2n) is 15.7. The van der Waals surface area contributed by atoms with Crippen molar-refractivity contribution in [2.24, 2.45) is 51.8 Å². The van der Waals surface area contributed by atoms with Crippen molar-refractivity contribution in [3.8, 4) is 0 Å². The maximum atomic E-state index is 12.8. The second kappa shape index (κ2) is 10.3. The highest BCUT2D eigenvalue weighted by Gasteiger charge is 2.59. The van der Waals surface area contributed by atoms with Crippen molar-refractivity contribution in [1.82, 2.24) is 0 Å². The average Bonchev–Trinajstić information content (AvgIpc) is 3.20. The molecule has 3 heteroatoms. The Bertz CT molecular complexity index is 861. The molecule has 4 saturated carbocycles. The van der Waals surface area contributed by atoms with Gasteiger partial charge in [0.05, 0.1) is 6.10 Å². The van der Waals surface area contributed by atoms with Crippen molar-refractivity contribution in [1.29, 1.82) is 0 Å². The van der Waals surface area contributed by atoms with Crippen LogP contribution >= 0.6 is 0 Å². The molecule has 4 fully saturated rings. The Morgan fingerprint density at radius 3 is 2.46 bits per heavy atom. The van der Waals surface area contributed by atoms with Crippen LogP contribution in [0.2, 0.25) is 0 Å².